The van der Waals surface area contributed by atoms with Gasteiger partial charge in [-0.15, -0.1) is 0 Å². The summed E-state index contributed by atoms with van der Waals surface area (Å²) < 4.78 is 17.4. The molecule has 0 bridgehead atoms. The molecule has 4 rings (SSSR count). The number of carbonyl (C=O) groups is 1. The van der Waals surface area contributed by atoms with Crippen molar-refractivity contribution in [2.75, 3.05) is 20.8 Å². The average Bonchev–Trinajstić information content (AvgIpc) is 3.20. The summed E-state index contributed by atoms with van der Waals surface area (Å²) in [6.45, 7) is 3.22. The fraction of sp³-hybridized carbons (Fsp3) is 0.424. The normalized spacial score (nSPS) is 17.4. The monoisotopic (exact) mass is 515 g/mol. The number of nitrogens with one attached hydrogen (secondary N) is 1. The Labute approximate surface area is 227 Å². The minimum atomic E-state index is -0.326. The van der Waals surface area contributed by atoms with Crippen LogP contribution in [0.15, 0.2) is 66.7 Å². The second kappa shape index (κ2) is 13.5. The highest BCUT2D eigenvalue weighted by Crippen LogP contribution is 2.33. The largest absolute Gasteiger partial charge is 0.497 e. The highest BCUT2D eigenvalue weighted by Gasteiger charge is 2.32. The van der Waals surface area contributed by atoms with E-state index in [1.54, 1.807) is 14.2 Å². The lowest BCUT2D eigenvalue weighted by Crippen LogP contribution is -2.49. The Kier molecular flexibility index (Phi) is 9.83. The van der Waals surface area contributed by atoms with Crippen LogP contribution in [-0.2, 0) is 0 Å². The summed E-state index contributed by atoms with van der Waals surface area (Å²) in [5.74, 6) is 2.24. The first-order chi connectivity index (χ1) is 18.6. The summed E-state index contributed by atoms with van der Waals surface area (Å²) in [7, 11) is 3.27. The van der Waals surface area contributed by atoms with Crippen molar-refractivity contribution >= 4 is 5.78 Å². The highest BCUT2D eigenvalue weighted by molar-refractivity contribution is 6.13. The van der Waals surface area contributed by atoms with Gasteiger partial charge < -0.3 is 14.2 Å². The van der Waals surface area contributed by atoms with Crippen molar-refractivity contribution < 1.29 is 19.0 Å². The van der Waals surface area contributed by atoms with E-state index in [1.165, 1.54) is 38.5 Å². The maximum absolute atomic E-state index is 13.7. The van der Waals surface area contributed by atoms with Crippen LogP contribution in [0.2, 0.25) is 0 Å². The van der Waals surface area contributed by atoms with Crippen LogP contribution in [-0.4, -0.2) is 32.3 Å². The van der Waals surface area contributed by atoms with E-state index in [0.29, 0.717) is 16.9 Å². The van der Waals surface area contributed by atoms with Gasteiger partial charge in [0.1, 0.15) is 17.2 Å². The standard InChI is InChI=1S/C33H41NO4/c1-4-5-6-8-21-33(22-9-7-10-23-34-33)38-28-17-13-26(14-18-28)32(35)30-20-19-29(37-3)24-31(30)25-11-15-27(36-2)16-12-25/h11-20,24,34H,4-10,21-23H2,1-3H3. The molecule has 0 radical (unpaired) electrons. The molecule has 5 nitrogen and oxygen atoms in total. The third kappa shape index (κ3) is 6.96. The molecule has 0 saturated carbocycles. The van der Waals surface area contributed by atoms with E-state index in [9.17, 15) is 4.79 Å². The first kappa shape index (κ1) is 27.7. The van der Waals surface area contributed by atoms with Crippen molar-refractivity contribution in [1.82, 2.24) is 5.32 Å². The lowest BCUT2D eigenvalue weighted by molar-refractivity contribution is 0.0176. The minimum Gasteiger partial charge on any atom is -0.497 e. The van der Waals surface area contributed by atoms with Crippen LogP contribution in [0.25, 0.3) is 11.1 Å². The average molecular weight is 516 g/mol. The van der Waals surface area contributed by atoms with Crippen molar-refractivity contribution in [2.24, 2.45) is 0 Å². The lowest BCUT2D eigenvalue weighted by Gasteiger charge is -2.35. The number of methoxy groups -OCH3 is 2. The molecule has 1 atom stereocenters. The number of rotatable bonds is 12. The summed E-state index contributed by atoms with van der Waals surface area (Å²) in [6.07, 6.45) is 10.5. The zero-order valence-electron chi connectivity index (χ0n) is 23.1. The quantitative estimate of drug-likeness (QED) is 0.197. The predicted molar refractivity (Wildman–Crippen MR) is 153 cm³/mol. The van der Waals surface area contributed by atoms with Crippen molar-refractivity contribution in [1.29, 1.82) is 0 Å². The molecule has 1 aliphatic rings. The van der Waals surface area contributed by atoms with E-state index in [1.807, 2.05) is 66.7 Å². The number of unbranched alkanes of at least 4 members (excludes halogenated alkanes) is 3. The second-order valence-corrected chi connectivity index (χ2v) is 10.1. The summed E-state index contributed by atoms with van der Waals surface area (Å²) in [6, 6.07) is 20.9. The molecule has 0 aliphatic carbocycles. The van der Waals surface area contributed by atoms with E-state index in [0.717, 1.165) is 48.4 Å². The number of hydrogen-bond donors (Lipinski definition) is 1. The van der Waals surface area contributed by atoms with Gasteiger partial charge >= 0.3 is 0 Å². The molecular weight excluding hydrogens is 474 g/mol. The fourth-order valence-corrected chi connectivity index (χ4v) is 5.22. The van der Waals surface area contributed by atoms with E-state index in [4.69, 9.17) is 14.2 Å². The van der Waals surface area contributed by atoms with Gasteiger partial charge in [0.2, 0.25) is 0 Å². The number of ether oxygens (including phenoxy) is 3. The molecular formula is C33H41NO4. The van der Waals surface area contributed by atoms with Gasteiger partial charge in [-0.05, 0) is 91.5 Å². The Bertz CT molecular complexity index is 1160. The molecule has 3 aromatic carbocycles. The number of hydrogen-bond acceptors (Lipinski definition) is 5. The third-order valence-electron chi connectivity index (χ3n) is 7.44. The van der Waals surface area contributed by atoms with E-state index < -0.39 is 0 Å². The molecule has 202 valence electrons. The summed E-state index contributed by atoms with van der Waals surface area (Å²) in [5, 5.41) is 3.72. The van der Waals surface area contributed by atoms with Gasteiger partial charge in [-0.2, -0.15) is 0 Å². The SMILES string of the molecule is CCCCCCC1(Oc2ccc(C(=O)c3ccc(OC)cc3-c3ccc(OC)cc3)cc2)CCCCCN1. The molecule has 0 aromatic heterocycles. The van der Waals surface area contributed by atoms with Crippen LogP contribution in [0.3, 0.4) is 0 Å². The fourth-order valence-electron chi connectivity index (χ4n) is 5.22. The first-order valence-electron chi connectivity index (χ1n) is 14.0. The molecule has 3 aromatic rings. The first-order valence-corrected chi connectivity index (χ1v) is 14.0. The number of benzene rings is 3. The smallest absolute Gasteiger partial charge is 0.193 e. The molecule has 1 N–H and O–H groups in total. The van der Waals surface area contributed by atoms with Gasteiger partial charge in [0, 0.05) is 24.0 Å². The summed E-state index contributed by atoms with van der Waals surface area (Å²) >= 11 is 0. The predicted octanol–water partition coefficient (Wildman–Crippen LogP) is 7.81. The van der Waals surface area contributed by atoms with Gasteiger partial charge in [-0.1, -0.05) is 44.7 Å². The maximum atomic E-state index is 13.7. The minimum absolute atomic E-state index is 0.0353. The van der Waals surface area contributed by atoms with Gasteiger partial charge in [-0.3, -0.25) is 10.1 Å². The van der Waals surface area contributed by atoms with Gasteiger partial charge in [0.05, 0.1) is 14.2 Å². The molecule has 0 spiro atoms. The molecule has 1 heterocycles. The van der Waals surface area contributed by atoms with Gasteiger partial charge in [-0.25, -0.2) is 0 Å². The molecule has 1 aliphatic heterocycles. The molecule has 1 saturated heterocycles. The van der Waals surface area contributed by atoms with Crippen LogP contribution < -0.4 is 19.5 Å². The van der Waals surface area contributed by atoms with Crippen LogP contribution >= 0.6 is 0 Å². The molecule has 1 unspecified atom stereocenters. The number of carbonyl (C=O) groups excluding carboxylic acids is 1. The van der Waals surface area contributed by atoms with Crippen molar-refractivity contribution in [3.05, 3.63) is 77.9 Å². The highest BCUT2D eigenvalue weighted by atomic mass is 16.5. The van der Waals surface area contributed by atoms with E-state index in [2.05, 4.69) is 12.2 Å². The Morgan fingerprint density at radius 3 is 2.24 bits per heavy atom. The maximum Gasteiger partial charge on any atom is 0.193 e. The van der Waals surface area contributed by atoms with Crippen molar-refractivity contribution in [3.63, 3.8) is 0 Å². The Hall–Kier alpha value is -3.31. The van der Waals surface area contributed by atoms with Crippen LogP contribution in [0.4, 0.5) is 0 Å². The van der Waals surface area contributed by atoms with Gasteiger partial charge in [0.15, 0.2) is 11.5 Å². The zero-order chi connectivity index (χ0) is 26.8. The lowest BCUT2D eigenvalue weighted by atomic mass is 9.93. The number of ketones is 1. The third-order valence-corrected chi connectivity index (χ3v) is 7.44. The summed E-state index contributed by atoms with van der Waals surface area (Å²) in [4.78, 5) is 13.7. The second-order valence-electron chi connectivity index (χ2n) is 10.1. The Morgan fingerprint density at radius 2 is 1.53 bits per heavy atom. The van der Waals surface area contributed by atoms with Crippen LogP contribution in [0.5, 0.6) is 17.2 Å². The molecule has 1 fully saturated rings. The van der Waals surface area contributed by atoms with Gasteiger partial charge in [0.25, 0.3) is 0 Å². The molecule has 0 amide bonds. The van der Waals surface area contributed by atoms with E-state index >= 15 is 0 Å². The van der Waals surface area contributed by atoms with Crippen LogP contribution in [0.1, 0.15) is 80.6 Å². The zero-order valence-corrected chi connectivity index (χ0v) is 23.1. The Balaban J connectivity index is 1.55. The molecule has 38 heavy (non-hydrogen) atoms. The van der Waals surface area contributed by atoms with Crippen molar-refractivity contribution in [2.45, 2.75) is 70.4 Å². The topological polar surface area (TPSA) is 56.8 Å². The summed E-state index contributed by atoms with van der Waals surface area (Å²) in [5.41, 5.74) is 2.68. The molecule has 5 heteroatoms. The Morgan fingerprint density at radius 1 is 0.816 bits per heavy atom. The van der Waals surface area contributed by atoms with Crippen molar-refractivity contribution in [3.8, 4) is 28.4 Å². The van der Waals surface area contributed by atoms with E-state index in [-0.39, 0.29) is 11.5 Å². The van der Waals surface area contributed by atoms with Crippen LogP contribution in [0, 0.1) is 0 Å².